The Kier molecular flexibility index (Phi) is 4.11. The first-order valence-electron chi connectivity index (χ1n) is 4.92. The largest absolute Gasteiger partial charge is 0.303 e. The van der Waals surface area contributed by atoms with Gasteiger partial charge >= 0.3 is 0 Å². The van der Waals surface area contributed by atoms with Crippen LogP contribution in [0.5, 0.6) is 0 Å². The zero-order chi connectivity index (χ0) is 10.4. The number of carbonyl (C=O) groups is 1. The highest BCUT2D eigenvalue weighted by atomic mass is 16.1. The Bertz CT molecular complexity index is 300. The van der Waals surface area contributed by atoms with Crippen molar-refractivity contribution in [3.05, 3.63) is 48.0 Å². The minimum Gasteiger partial charge on any atom is -0.303 e. The minimum atomic E-state index is 0.0150. The lowest BCUT2D eigenvalue weighted by Gasteiger charge is -2.06. The number of hydrogen-bond donors (Lipinski definition) is 0. The van der Waals surface area contributed by atoms with E-state index < -0.39 is 0 Å². The molecule has 0 saturated carbocycles. The summed E-state index contributed by atoms with van der Waals surface area (Å²) in [4.78, 5) is 10.4. The fourth-order valence-corrected chi connectivity index (χ4v) is 1.25. The Balaban J connectivity index is 2.63. The molecule has 0 aliphatic carbocycles. The molecule has 1 aromatic carbocycles. The van der Waals surface area contributed by atoms with Crippen molar-refractivity contribution in [2.75, 3.05) is 0 Å². The lowest BCUT2D eigenvalue weighted by Crippen LogP contribution is -1.92. The summed E-state index contributed by atoms with van der Waals surface area (Å²) in [5.41, 5.74) is 1.28. The van der Waals surface area contributed by atoms with Crippen LogP contribution in [0.15, 0.2) is 42.5 Å². The van der Waals surface area contributed by atoms with Crippen LogP contribution < -0.4 is 0 Å². The molecule has 1 aromatic rings. The smallest absolute Gasteiger partial charge is 0.126 e. The molecule has 74 valence electrons. The molecule has 1 rings (SSSR count). The Morgan fingerprint density at radius 2 is 1.71 bits per heavy atom. The van der Waals surface area contributed by atoms with Crippen LogP contribution in [-0.4, -0.2) is 6.29 Å². The minimum absolute atomic E-state index is 0.0150. The average Bonchev–Trinajstić information content (AvgIpc) is 2.26. The van der Waals surface area contributed by atoms with Gasteiger partial charge in [-0.1, -0.05) is 56.3 Å². The van der Waals surface area contributed by atoms with Crippen molar-refractivity contribution in [2.24, 2.45) is 5.92 Å². The van der Waals surface area contributed by atoms with E-state index in [-0.39, 0.29) is 5.92 Å². The van der Waals surface area contributed by atoms with Gasteiger partial charge in [0.1, 0.15) is 6.29 Å². The Morgan fingerprint density at radius 3 is 2.29 bits per heavy atom. The second-order valence-electron chi connectivity index (χ2n) is 3.58. The number of allylic oxidation sites excluding steroid dienone is 2. The highest BCUT2D eigenvalue weighted by Crippen LogP contribution is 2.16. The Labute approximate surface area is 85.5 Å². The van der Waals surface area contributed by atoms with Crippen molar-refractivity contribution in [2.45, 2.75) is 19.8 Å². The van der Waals surface area contributed by atoms with Crippen LogP contribution in [-0.2, 0) is 4.79 Å². The zero-order valence-corrected chi connectivity index (χ0v) is 8.68. The molecule has 0 fully saturated rings. The van der Waals surface area contributed by atoms with Crippen LogP contribution in [0, 0.1) is 5.92 Å². The average molecular weight is 188 g/mol. The summed E-state index contributed by atoms with van der Waals surface area (Å²) in [6.45, 7) is 4.02. The van der Waals surface area contributed by atoms with E-state index >= 15 is 0 Å². The van der Waals surface area contributed by atoms with Crippen LogP contribution in [0.4, 0.5) is 0 Å². The van der Waals surface area contributed by atoms with Crippen molar-refractivity contribution in [3.8, 4) is 0 Å². The van der Waals surface area contributed by atoms with E-state index in [2.05, 4.69) is 25.1 Å². The summed E-state index contributed by atoms with van der Waals surface area (Å²) >= 11 is 0. The molecule has 0 heterocycles. The fraction of sp³-hybridized carbons (Fsp3) is 0.308. The number of benzene rings is 1. The molecule has 0 amide bonds. The molecule has 0 aliphatic heterocycles. The Hall–Kier alpha value is -1.37. The lowest BCUT2D eigenvalue weighted by atomic mass is 9.99. The predicted molar refractivity (Wildman–Crippen MR) is 59.2 cm³/mol. The maximum Gasteiger partial charge on any atom is 0.126 e. The van der Waals surface area contributed by atoms with Crippen molar-refractivity contribution < 1.29 is 4.79 Å². The summed E-state index contributed by atoms with van der Waals surface area (Å²) in [6, 6.07) is 10.3. The first-order valence-corrected chi connectivity index (χ1v) is 4.92. The van der Waals surface area contributed by atoms with Crippen molar-refractivity contribution in [1.29, 1.82) is 0 Å². The predicted octanol–water partition coefficient (Wildman–Crippen LogP) is 3.18. The number of aldehydes is 1. The molecular weight excluding hydrogens is 172 g/mol. The van der Waals surface area contributed by atoms with E-state index in [4.69, 9.17) is 0 Å². The third-order valence-corrected chi connectivity index (χ3v) is 2.24. The summed E-state index contributed by atoms with van der Waals surface area (Å²) < 4.78 is 0. The number of carbonyl (C=O) groups excluding carboxylic acids is 1. The third-order valence-electron chi connectivity index (χ3n) is 2.24. The summed E-state index contributed by atoms with van der Waals surface area (Å²) in [6.07, 6.45) is 4.98. The van der Waals surface area contributed by atoms with Gasteiger partial charge in [-0.25, -0.2) is 0 Å². The summed E-state index contributed by atoms with van der Waals surface area (Å²) in [7, 11) is 0. The fourth-order valence-electron chi connectivity index (χ4n) is 1.25. The van der Waals surface area contributed by atoms with Crippen molar-refractivity contribution in [1.82, 2.24) is 0 Å². The molecule has 1 nitrogen and oxygen atoms in total. The van der Waals surface area contributed by atoms with Gasteiger partial charge < -0.3 is 4.79 Å². The second-order valence-corrected chi connectivity index (χ2v) is 3.58. The molecule has 0 spiro atoms. The molecule has 2 atom stereocenters. The van der Waals surface area contributed by atoms with Crippen LogP contribution in [0.2, 0.25) is 0 Å². The standard InChI is InChI=1S/C13H16O/c1-11(10-14)8-9-12(2)13-6-4-3-5-7-13/h3-12H,1-2H3. The van der Waals surface area contributed by atoms with E-state index in [1.807, 2.05) is 31.2 Å². The van der Waals surface area contributed by atoms with Crippen LogP contribution in [0.3, 0.4) is 0 Å². The molecule has 14 heavy (non-hydrogen) atoms. The molecule has 0 bridgehead atoms. The van der Waals surface area contributed by atoms with Crippen molar-refractivity contribution >= 4 is 6.29 Å². The van der Waals surface area contributed by atoms with Gasteiger partial charge in [0.15, 0.2) is 0 Å². The van der Waals surface area contributed by atoms with Gasteiger partial charge in [0.2, 0.25) is 0 Å². The van der Waals surface area contributed by atoms with Crippen molar-refractivity contribution in [3.63, 3.8) is 0 Å². The van der Waals surface area contributed by atoms with Gasteiger partial charge in [0.25, 0.3) is 0 Å². The van der Waals surface area contributed by atoms with Gasteiger partial charge in [-0.2, -0.15) is 0 Å². The second kappa shape index (κ2) is 5.38. The molecule has 0 aliphatic rings. The molecule has 0 radical (unpaired) electrons. The number of rotatable bonds is 4. The molecule has 0 N–H and O–H groups in total. The third kappa shape index (κ3) is 3.17. The van der Waals surface area contributed by atoms with Crippen LogP contribution >= 0.6 is 0 Å². The molecule has 0 saturated heterocycles. The first kappa shape index (κ1) is 10.7. The van der Waals surface area contributed by atoms with Gasteiger partial charge in [0.05, 0.1) is 0 Å². The summed E-state index contributed by atoms with van der Waals surface area (Å²) in [5.74, 6) is 0.389. The maximum absolute atomic E-state index is 10.4. The monoisotopic (exact) mass is 188 g/mol. The van der Waals surface area contributed by atoms with Gasteiger partial charge in [-0.15, -0.1) is 0 Å². The maximum atomic E-state index is 10.4. The normalized spacial score (nSPS) is 15.3. The first-order chi connectivity index (χ1) is 6.74. The topological polar surface area (TPSA) is 17.1 Å². The van der Waals surface area contributed by atoms with E-state index in [0.717, 1.165) is 6.29 Å². The van der Waals surface area contributed by atoms with E-state index in [1.54, 1.807) is 0 Å². The van der Waals surface area contributed by atoms with E-state index in [9.17, 15) is 4.79 Å². The zero-order valence-electron chi connectivity index (χ0n) is 8.68. The van der Waals surface area contributed by atoms with E-state index in [0.29, 0.717) is 5.92 Å². The van der Waals surface area contributed by atoms with Gasteiger partial charge in [-0.3, -0.25) is 0 Å². The Morgan fingerprint density at radius 1 is 1.07 bits per heavy atom. The molecule has 2 unspecified atom stereocenters. The summed E-state index contributed by atoms with van der Waals surface area (Å²) in [5, 5.41) is 0. The highest BCUT2D eigenvalue weighted by Gasteiger charge is 2.00. The number of hydrogen-bond acceptors (Lipinski definition) is 1. The molecular formula is C13H16O. The lowest BCUT2D eigenvalue weighted by molar-refractivity contribution is -0.109. The van der Waals surface area contributed by atoms with Gasteiger partial charge in [-0.05, 0) is 11.5 Å². The van der Waals surface area contributed by atoms with Crippen LogP contribution in [0.1, 0.15) is 25.3 Å². The quantitative estimate of drug-likeness (QED) is 0.524. The molecule has 0 aromatic heterocycles. The highest BCUT2D eigenvalue weighted by molar-refractivity contribution is 5.55. The van der Waals surface area contributed by atoms with Crippen LogP contribution in [0.25, 0.3) is 0 Å². The SMILES string of the molecule is CC(C=O)C=CC(C)c1ccccc1. The van der Waals surface area contributed by atoms with Gasteiger partial charge in [0, 0.05) is 5.92 Å². The van der Waals surface area contributed by atoms with E-state index in [1.165, 1.54) is 5.56 Å². The molecule has 1 heteroatoms.